The Morgan fingerprint density at radius 3 is 2.06 bits per heavy atom. The van der Waals surface area contributed by atoms with Crippen LogP contribution in [0.1, 0.15) is 27.7 Å². The molecule has 0 spiro atoms. The van der Waals surface area contributed by atoms with Crippen LogP contribution in [-0.4, -0.2) is 28.1 Å². The van der Waals surface area contributed by atoms with Crippen molar-refractivity contribution in [3.05, 3.63) is 11.9 Å². The van der Waals surface area contributed by atoms with Crippen LogP contribution in [0.25, 0.3) is 0 Å². The summed E-state index contributed by atoms with van der Waals surface area (Å²) in [4.78, 5) is 10.8. The first-order chi connectivity index (χ1) is 7.39. The van der Waals surface area contributed by atoms with E-state index in [-0.39, 0.29) is 5.82 Å². The number of nitrogens with one attached hydrogen (secondary N) is 1. The summed E-state index contributed by atoms with van der Waals surface area (Å²) >= 11 is 0. The highest BCUT2D eigenvalue weighted by molar-refractivity contribution is 5.94. The molecule has 1 aliphatic rings. The minimum atomic E-state index is -4.97. The van der Waals surface area contributed by atoms with Gasteiger partial charge in [0, 0.05) is 6.08 Å². The van der Waals surface area contributed by atoms with Crippen LogP contribution in [0.15, 0.2) is 11.9 Å². The van der Waals surface area contributed by atoms with Crippen molar-refractivity contribution in [1.29, 1.82) is 0 Å². The Bertz CT molecular complexity index is 372. The fourth-order valence-electron chi connectivity index (χ4n) is 1.38. The Morgan fingerprint density at radius 2 is 1.76 bits per heavy atom. The molecule has 1 heterocycles. The van der Waals surface area contributed by atoms with Crippen molar-refractivity contribution in [2.45, 2.75) is 44.9 Å². The maximum atomic E-state index is 12.1. The first kappa shape index (κ1) is 13.8. The zero-order chi connectivity index (χ0) is 13.6. The molecule has 7 heteroatoms. The summed E-state index contributed by atoms with van der Waals surface area (Å²) in [6, 6.07) is 0. The molecule has 17 heavy (non-hydrogen) atoms. The zero-order valence-electron chi connectivity index (χ0n) is 9.97. The number of hydrogen-bond acceptors (Lipinski definition) is 3. The third-order valence-corrected chi connectivity index (χ3v) is 3.24. The summed E-state index contributed by atoms with van der Waals surface area (Å²) in [5, 5.41) is 14.8. The Hall–Kier alpha value is -1.24. The average molecular weight is 251 g/mol. The van der Waals surface area contributed by atoms with Gasteiger partial charge in [-0.05, 0) is 27.7 Å². The monoisotopic (exact) mass is 251 g/mol. The number of carbonyl (C=O) groups is 1. The first-order valence-electron chi connectivity index (χ1n) is 4.98. The maximum absolute atomic E-state index is 12.1. The van der Waals surface area contributed by atoms with E-state index in [9.17, 15) is 23.2 Å². The molecule has 1 aliphatic heterocycles. The van der Waals surface area contributed by atoms with Gasteiger partial charge < -0.3 is 5.32 Å². The van der Waals surface area contributed by atoms with E-state index in [0.717, 1.165) is 0 Å². The lowest BCUT2D eigenvalue weighted by Gasteiger charge is -2.34. The Kier molecular flexibility index (Phi) is 2.95. The van der Waals surface area contributed by atoms with Crippen molar-refractivity contribution in [3.63, 3.8) is 0 Å². The van der Waals surface area contributed by atoms with Crippen molar-refractivity contribution in [3.8, 4) is 0 Å². The van der Waals surface area contributed by atoms with Crippen molar-refractivity contribution >= 4 is 5.78 Å². The van der Waals surface area contributed by atoms with Gasteiger partial charge in [0.15, 0.2) is 0 Å². The molecule has 1 radical (unpaired) electrons. The third-order valence-electron chi connectivity index (χ3n) is 3.24. The molecule has 1 N–H and O–H groups in total. The van der Waals surface area contributed by atoms with Crippen molar-refractivity contribution in [1.82, 2.24) is 10.4 Å². The fraction of sp³-hybridized carbons (Fsp3) is 0.700. The Morgan fingerprint density at radius 1 is 1.29 bits per heavy atom. The summed E-state index contributed by atoms with van der Waals surface area (Å²) in [5.41, 5.74) is -1.67. The lowest BCUT2D eigenvalue weighted by atomic mass is 9.84. The number of rotatable bonds is 1. The van der Waals surface area contributed by atoms with Gasteiger partial charge in [0.2, 0.25) is 0 Å². The summed E-state index contributed by atoms with van der Waals surface area (Å²) in [6.07, 6.45) is -4.67. The number of hydroxylamine groups is 2. The van der Waals surface area contributed by atoms with Crippen molar-refractivity contribution in [2.24, 2.45) is 0 Å². The van der Waals surface area contributed by atoms with E-state index >= 15 is 0 Å². The number of hydrogen-bond donors (Lipinski definition) is 1. The van der Waals surface area contributed by atoms with Gasteiger partial charge in [0.1, 0.15) is 5.82 Å². The molecule has 0 amide bonds. The number of alkyl halides is 3. The normalized spacial score (nSPS) is 24.9. The van der Waals surface area contributed by atoms with Crippen LogP contribution in [0.2, 0.25) is 0 Å². The summed E-state index contributed by atoms with van der Waals surface area (Å²) in [6.45, 7) is 6.53. The highest BCUT2D eigenvalue weighted by Gasteiger charge is 2.51. The predicted molar refractivity (Wildman–Crippen MR) is 53.0 cm³/mol. The van der Waals surface area contributed by atoms with E-state index in [0.29, 0.717) is 11.1 Å². The van der Waals surface area contributed by atoms with Gasteiger partial charge in [-0.15, -0.1) is 0 Å². The van der Waals surface area contributed by atoms with Gasteiger partial charge in [-0.2, -0.15) is 18.2 Å². The maximum Gasteiger partial charge on any atom is 0.454 e. The molecule has 1 fully saturated rings. The second-order valence-corrected chi connectivity index (χ2v) is 4.99. The molecular formula is C10H14F3N2O2. The van der Waals surface area contributed by atoms with Gasteiger partial charge >= 0.3 is 6.18 Å². The van der Waals surface area contributed by atoms with Crippen LogP contribution in [0.3, 0.4) is 0 Å². The molecule has 0 bridgehead atoms. The zero-order valence-corrected chi connectivity index (χ0v) is 9.97. The molecule has 0 aliphatic carbocycles. The van der Waals surface area contributed by atoms with E-state index < -0.39 is 23.0 Å². The number of halogens is 3. The largest absolute Gasteiger partial charge is 0.454 e. The molecule has 1 rings (SSSR count). The molecule has 0 aromatic heterocycles. The minimum absolute atomic E-state index is 0.295. The van der Waals surface area contributed by atoms with Crippen LogP contribution < -0.4 is 5.32 Å². The quantitative estimate of drug-likeness (QED) is 0.722. The fourth-order valence-corrected chi connectivity index (χ4v) is 1.38. The van der Waals surface area contributed by atoms with Gasteiger partial charge in [-0.25, -0.2) is 0 Å². The lowest BCUT2D eigenvalue weighted by molar-refractivity contribution is -0.182. The molecular weight excluding hydrogens is 237 g/mol. The number of carbonyl (C=O) groups excluding carboxylic acids is 1. The van der Waals surface area contributed by atoms with E-state index in [4.69, 9.17) is 0 Å². The second kappa shape index (κ2) is 3.63. The van der Waals surface area contributed by atoms with Crippen molar-refractivity contribution in [2.75, 3.05) is 0 Å². The second-order valence-electron chi connectivity index (χ2n) is 4.99. The third kappa shape index (κ3) is 2.24. The summed E-state index contributed by atoms with van der Waals surface area (Å²) in [5.74, 6) is -2.41. The van der Waals surface area contributed by atoms with E-state index in [1.165, 1.54) is 0 Å². The number of ketones is 1. The predicted octanol–water partition coefficient (Wildman–Crippen LogP) is 1.77. The molecule has 4 nitrogen and oxygen atoms in total. The van der Waals surface area contributed by atoms with Crippen molar-refractivity contribution < 1.29 is 23.2 Å². The SMILES string of the molecule is CC1(C)N/C(=C/C(=O)C(F)(F)F)N([O])C1(C)C. The van der Waals surface area contributed by atoms with Gasteiger partial charge in [0.25, 0.3) is 5.78 Å². The minimum Gasteiger partial charge on any atom is -0.362 e. The number of nitrogens with zero attached hydrogens (tertiary/aromatic N) is 1. The molecule has 1 saturated heterocycles. The van der Waals surface area contributed by atoms with Gasteiger partial charge in [-0.3, -0.25) is 4.79 Å². The molecule has 0 atom stereocenters. The summed E-state index contributed by atoms with van der Waals surface area (Å²) in [7, 11) is 0. The average Bonchev–Trinajstić information content (AvgIpc) is 2.25. The van der Waals surface area contributed by atoms with Crippen LogP contribution in [0.4, 0.5) is 13.2 Å². The molecule has 0 aromatic carbocycles. The topological polar surface area (TPSA) is 52.2 Å². The van der Waals surface area contributed by atoms with Crippen LogP contribution >= 0.6 is 0 Å². The van der Waals surface area contributed by atoms with Crippen LogP contribution in [0, 0.1) is 0 Å². The Balaban J connectivity index is 3.05. The molecule has 0 saturated carbocycles. The van der Waals surface area contributed by atoms with Crippen LogP contribution in [-0.2, 0) is 10.0 Å². The lowest BCUT2D eigenvalue weighted by Crippen LogP contribution is -2.51. The van der Waals surface area contributed by atoms with E-state index in [1.807, 2.05) is 0 Å². The number of allylic oxidation sites excluding steroid dienone is 1. The molecule has 0 unspecified atom stereocenters. The highest BCUT2D eigenvalue weighted by atomic mass is 19.4. The summed E-state index contributed by atoms with van der Waals surface area (Å²) < 4.78 is 36.2. The van der Waals surface area contributed by atoms with E-state index in [1.54, 1.807) is 27.7 Å². The van der Waals surface area contributed by atoms with Crippen LogP contribution in [0.5, 0.6) is 0 Å². The first-order valence-corrected chi connectivity index (χ1v) is 4.98. The van der Waals surface area contributed by atoms with Gasteiger partial charge in [-0.1, -0.05) is 5.21 Å². The standard InChI is InChI=1S/C10H14F3N2O2/c1-8(2)9(3,4)15(17)7(14-8)5-6(16)10(11,12)13/h5,14H,1-4H3/b7-5-. The Labute approximate surface area is 97.0 Å². The van der Waals surface area contributed by atoms with Gasteiger partial charge in [0.05, 0.1) is 11.1 Å². The molecule has 0 aromatic rings. The molecule has 97 valence electrons. The van der Waals surface area contributed by atoms with E-state index in [2.05, 4.69) is 5.32 Å². The smallest absolute Gasteiger partial charge is 0.362 e. The highest BCUT2D eigenvalue weighted by Crippen LogP contribution is 2.36.